The van der Waals surface area contributed by atoms with E-state index in [1.165, 1.54) is 32.7 Å². The number of hydrogen-bond acceptors (Lipinski definition) is 3. The van der Waals surface area contributed by atoms with Crippen LogP contribution in [0.15, 0.2) is 78.2 Å². The van der Waals surface area contributed by atoms with Crippen LogP contribution >= 0.6 is 18.9 Å². The smallest absolute Gasteiger partial charge is 0.324 e. The van der Waals surface area contributed by atoms with Crippen LogP contribution in [0.2, 0.25) is 0 Å². The Hall–Kier alpha value is -2.97. The molecule has 0 aliphatic heterocycles. The fourth-order valence-electron chi connectivity index (χ4n) is 4.56. The van der Waals surface area contributed by atoms with Crippen molar-refractivity contribution in [3.05, 3.63) is 117 Å². The van der Waals surface area contributed by atoms with Crippen LogP contribution in [0, 0.1) is 32.6 Å². The molecule has 0 saturated heterocycles. The van der Waals surface area contributed by atoms with Gasteiger partial charge < -0.3 is 15.1 Å². The van der Waals surface area contributed by atoms with Gasteiger partial charge in [-0.15, -0.1) is 11.3 Å². The van der Waals surface area contributed by atoms with Crippen LogP contribution in [0.1, 0.15) is 51.3 Å². The lowest BCUT2D eigenvalue weighted by molar-refractivity contribution is 0.371. The predicted molar refractivity (Wildman–Crippen MR) is 163 cm³/mol. The van der Waals surface area contributed by atoms with Gasteiger partial charge in [0, 0.05) is 28.5 Å². The van der Waals surface area contributed by atoms with Gasteiger partial charge in [0.05, 0.1) is 6.16 Å². The van der Waals surface area contributed by atoms with E-state index in [1.54, 1.807) is 11.3 Å². The Balaban J connectivity index is 1.60. The summed E-state index contributed by atoms with van der Waals surface area (Å²) in [4.78, 5) is 19.3. The van der Waals surface area contributed by atoms with Crippen molar-refractivity contribution in [2.75, 3.05) is 12.7 Å². The zero-order valence-corrected chi connectivity index (χ0v) is 24.5. The van der Waals surface area contributed by atoms with E-state index >= 15 is 0 Å². The molecule has 0 radical (unpaired) electrons. The Bertz CT molecular complexity index is 1510. The first kappa shape index (κ1) is 29.0. The van der Waals surface area contributed by atoms with Gasteiger partial charge >= 0.3 is 7.60 Å². The van der Waals surface area contributed by atoms with Crippen LogP contribution < -0.4 is 5.32 Å². The zero-order valence-electron chi connectivity index (χ0n) is 22.8. The molecule has 202 valence electrons. The summed E-state index contributed by atoms with van der Waals surface area (Å²) in [6.07, 6.45) is 1.19. The van der Waals surface area contributed by atoms with Crippen LogP contribution in [0.5, 0.6) is 0 Å². The molecule has 1 heterocycles. The molecule has 1 unspecified atom stereocenters. The number of aryl methyl sites for hydroxylation is 3. The highest BCUT2D eigenvalue weighted by atomic mass is 32.1. The van der Waals surface area contributed by atoms with Crippen molar-refractivity contribution in [3.63, 3.8) is 0 Å². The Labute approximate surface area is 236 Å². The fourth-order valence-corrected chi connectivity index (χ4v) is 5.89. The minimum Gasteiger partial charge on any atom is -0.324 e. The minimum absolute atomic E-state index is 0.0681. The number of nitrogens with one attached hydrogen (secondary N) is 1. The molecule has 0 fully saturated rings. The minimum atomic E-state index is -3.95. The third-order valence-corrected chi connectivity index (χ3v) is 8.64. The van der Waals surface area contributed by atoms with Gasteiger partial charge in [-0.1, -0.05) is 72.0 Å². The van der Waals surface area contributed by atoms with Gasteiger partial charge in [0.2, 0.25) is 0 Å². The molecule has 0 amide bonds. The van der Waals surface area contributed by atoms with E-state index in [0.29, 0.717) is 19.5 Å². The molecule has 1 atom stereocenters. The Morgan fingerprint density at radius 3 is 2.46 bits per heavy atom. The van der Waals surface area contributed by atoms with E-state index in [-0.39, 0.29) is 12.1 Å². The van der Waals surface area contributed by atoms with Gasteiger partial charge in [0.1, 0.15) is 0 Å². The topological polar surface area (TPSA) is 69.6 Å². The van der Waals surface area contributed by atoms with Crippen molar-refractivity contribution in [1.82, 2.24) is 5.32 Å². The van der Waals surface area contributed by atoms with E-state index in [2.05, 4.69) is 116 Å². The average Bonchev–Trinajstić information content (AvgIpc) is 3.43. The first-order chi connectivity index (χ1) is 18.7. The predicted octanol–water partition coefficient (Wildman–Crippen LogP) is 7.38. The summed E-state index contributed by atoms with van der Waals surface area (Å²) in [7, 11) is -3.95. The molecule has 3 aromatic carbocycles. The summed E-state index contributed by atoms with van der Waals surface area (Å²) < 4.78 is 11.1. The number of hydrogen-bond donors (Lipinski definition) is 3. The van der Waals surface area contributed by atoms with Gasteiger partial charge in [0.15, 0.2) is 0 Å². The zero-order chi connectivity index (χ0) is 27.8. The summed E-state index contributed by atoms with van der Waals surface area (Å²) in [6.45, 7) is 7.61. The highest BCUT2D eigenvalue weighted by molar-refractivity contribution is 7.51. The molecule has 1 aromatic heterocycles. The van der Waals surface area contributed by atoms with E-state index in [4.69, 9.17) is 9.79 Å². The van der Waals surface area contributed by atoms with E-state index in [1.807, 2.05) is 0 Å². The molecule has 4 nitrogen and oxygen atoms in total. The Morgan fingerprint density at radius 2 is 1.74 bits per heavy atom. The van der Waals surface area contributed by atoms with Crippen molar-refractivity contribution in [3.8, 4) is 22.3 Å². The molecule has 3 N–H and O–H groups in total. The normalized spacial score (nSPS) is 12.1. The van der Waals surface area contributed by atoms with E-state index in [9.17, 15) is 4.57 Å². The van der Waals surface area contributed by atoms with Crippen LogP contribution in [-0.4, -0.2) is 22.5 Å². The molecule has 0 aliphatic rings. The van der Waals surface area contributed by atoms with Crippen molar-refractivity contribution in [2.24, 2.45) is 0 Å². The maximum atomic E-state index is 11.1. The monoisotopic (exact) mass is 557 g/mol. The summed E-state index contributed by atoms with van der Waals surface area (Å²) in [5.41, 5.74) is 9.58. The molecule has 0 aliphatic carbocycles. The number of thiophene rings is 1. The molecular weight excluding hydrogens is 521 g/mol. The highest BCUT2D eigenvalue weighted by Gasteiger charge is 2.13. The lowest BCUT2D eigenvalue weighted by atomic mass is 9.90. The standard InChI is InChI=1S/C33H36NO3PS/c1-24-7-4-8-30(19-24)31(21-27-11-10-25(2)26(3)20-27)15-14-29-13-12-28(22-32(29)33-9-5-18-39-33)23-34-16-6-17-38(35,36)37/h4-5,7-13,18-20,22,31,34H,6,16-17,21,23H2,1-3H3,(H2,35,36,37). The third-order valence-electron chi connectivity index (χ3n) is 6.84. The lowest BCUT2D eigenvalue weighted by Crippen LogP contribution is -2.15. The number of rotatable bonds is 10. The molecule has 6 heteroatoms. The lowest BCUT2D eigenvalue weighted by Gasteiger charge is -2.14. The molecule has 0 bridgehead atoms. The van der Waals surface area contributed by atoms with Crippen molar-refractivity contribution in [1.29, 1.82) is 0 Å². The summed E-state index contributed by atoms with van der Waals surface area (Å²) in [5, 5.41) is 5.38. The van der Waals surface area contributed by atoms with Gasteiger partial charge in [-0.2, -0.15) is 0 Å². The van der Waals surface area contributed by atoms with Crippen LogP contribution in [0.3, 0.4) is 0 Å². The van der Waals surface area contributed by atoms with Gasteiger partial charge in [0.25, 0.3) is 0 Å². The molecule has 4 aromatic rings. The number of benzene rings is 3. The summed E-state index contributed by atoms with van der Waals surface area (Å²) in [6, 6.07) is 25.9. The maximum Gasteiger partial charge on any atom is 0.325 e. The molecule has 4 rings (SSSR count). The second-order valence-corrected chi connectivity index (χ2v) is 12.9. The van der Waals surface area contributed by atoms with Crippen LogP contribution in [0.4, 0.5) is 0 Å². The van der Waals surface area contributed by atoms with E-state index in [0.717, 1.165) is 23.1 Å². The Morgan fingerprint density at radius 1 is 0.923 bits per heavy atom. The first-order valence-electron chi connectivity index (χ1n) is 13.2. The largest absolute Gasteiger partial charge is 0.325 e. The van der Waals surface area contributed by atoms with Gasteiger partial charge in [-0.3, -0.25) is 4.57 Å². The van der Waals surface area contributed by atoms with Crippen LogP contribution in [0.25, 0.3) is 10.4 Å². The summed E-state index contributed by atoms with van der Waals surface area (Å²) >= 11 is 1.70. The third kappa shape index (κ3) is 8.77. The first-order valence-corrected chi connectivity index (χ1v) is 15.9. The molecule has 0 spiro atoms. The fraction of sp³-hybridized carbons (Fsp3) is 0.273. The van der Waals surface area contributed by atoms with Crippen molar-refractivity contribution < 1.29 is 14.4 Å². The van der Waals surface area contributed by atoms with Crippen LogP contribution in [-0.2, 0) is 17.5 Å². The second kappa shape index (κ2) is 13.4. The second-order valence-electron chi connectivity index (χ2n) is 10.1. The van der Waals surface area contributed by atoms with E-state index < -0.39 is 7.60 Å². The SMILES string of the molecule is Cc1cccc(C(C#Cc2ccc(CNCCCP(=O)(O)O)cc2-c2cccs2)Cc2ccc(C)c(C)c2)c1. The average molecular weight is 558 g/mol. The highest BCUT2D eigenvalue weighted by Crippen LogP contribution is 2.34. The summed E-state index contributed by atoms with van der Waals surface area (Å²) in [5.74, 6) is 7.23. The molecule has 39 heavy (non-hydrogen) atoms. The van der Waals surface area contributed by atoms with Crippen molar-refractivity contribution >= 4 is 18.9 Å². The van der Waals surface area contributed by atoms with Gasteiger partial charge in [-0.25, -0.2) is 0 Å². The maximum absolute atomic E-state index is 11.1. The van der Waals surface area contributed by atoms with Gasteiger partial charge in [-0.05, 0) is 91.6 Å². The molecule has 0 saturated carbocycles. The Kier molecular flexibility index (Phi) is 9.97. The quantitative estimate of drug-likeness (QED) is 0.108. The molecular formula is C33H36NO3PS. The van der Waals surface area contributed by atoms with Crippen molar-refractivity contribution in [2.45, 2.75) is 46.1 Å².